The number of hydrogen-bond acceptors (Lipinski definition) is 3. The molecule has 1 aromatic rings. The van der Waals surface area contributed by atoms with Crippen molar-refractivity contribution in [1.29, 1.82) is 0 Å². The van der Waals surface area contributed by atoms with Crippen molar-refractivity contribution >= 4 is 11.6 Å². The monoisotopic (exact) mass is 347 g/mol. The van der Waals surface area contributed by atoms with Gasteiger partial charge >= 0.3 is 0 Å². The van der Waals surface area contributed by atoms with Crippen molar-refractivity contribution in [1.82, 2.24) is 0 Å². The molecule has 0 aliphatic heterocycles. The van der Waals surface area contributed by atoms with Gasteiger partial charge in [0.15, 0.2) is 0 Å². The summed E-state index contributed by atoms with van der Waals surface area (Å²) in [5.41, 5.74) is 2.21. The number of carbonyl (C=O) groups is 1. The van der Waals surface area contributed by atoms with Gasteiger partial charge < -0.3 is 14.8 Å². The molecular formula is C21H33NO3. The molecule has 25 heavy (non-hydrogen) atoms. The van der Waals surface area contributed by atoms with E-state index in [1.165, 1.54) is 6.42 Å². The molecule has 1 aliphatic rings. The maximum absolute atomic E-state index is 13.1. The first-order chi connectivity index (χ1) is 11.9. The zero-order valence-electron chi connectivity index (χ0n) is 16.4. The van der Waals surface area contributed by atoms with Crippen LogP contribution >= 0.6 is 0 Å². The Morgan fingerprint density at radius 1 is 1.28 bits per heavy atom. The molecule has 0 saturated heterocycles. The number of rotatable bonds is 7. The lowest BCUT2D eigenvalue weighted by Crippen LogP contribution is -2.48. The number of ether oxygens (including phenoxy) is 2. The molecule has 2 atom stereocenters. The van der Waals surface area contributed by atoms with Crippen LogP contribution in [-0.4, -0.2) is 24.7 Å². The van der Waals surface area contributed by atoms with Crippen LogP contribution in [0.1, 0.15) is 64.0 Å². The average molecular weight is 347 g/mol. The van der Waals surface area contributed by atoms with E-state index >= 15 is 0 Å². The minimum Gasteiger partial charge on any atom is -0.493 e. The minimum atomic E-state index is -0.686. The van der Waals surface area contributed by atoms with E-state index in [0.29, 0.717) is 19.1 Å². The fourth-order valence-corrected chi connectivity index (χ4v) is 3.84. The van der Waals surface area contributed by atoms with Gasteiger partial charge in [-0.05, 0) is 75.6 Å². The Bertz CT molecular complexity index is 576. The van der Waals surface area contributed by atoms with Crippen molar-refractivity contribution < 1.29 is 14.3 Å². The predicted molar refractivity (Wildman–Crippen MR) is 102 cm³/mol. The van der Waals surface area contributed by atoms with Gasteiger partial charge in [-0.1, -0.05) is 20.3 Å². The Morgan fingerprint density at radius 3 is 2.52 bits per heavy atom. The van der Waals surface area contributed by atoms with Crippen LogP contribution in [0.3, 0.4) is 0 Å². The first-order valence-electron chi connectivity index (χ1n) is 9.61. The Balaban J connectivity index is 2.20. The molecular weight excluding hydrogens is 314 g/mol. The van der Waals surface area contributed by atoms with E-state index < -0.39 is 5.60 Å². The highest BCUT2D eigenvalue weighted by Crippen LogP contribution is 2.37. The number of carbonyl (C=O) groups excluding carboxylic acids is 1. The van der Waals surface area contributed by atoms with Gasteiger partial charge in [0, 0.05) is 12.3 Å². The third-order valence-corrected chi connectivity index (χ3v) is 4.96. The lowest BCUT2D eigenvalue weighted by Gasteiger charge is -2.38. The van der Waals surface area contributed by atoms with Crippen molar-refractivity contribution in [3.63, 3.8) is 0 Å². The summed E-state index contributed by atoms with van der Waals surface area (Å²) in [6, 6.07) is 3.96. The zero-order chi connectivity index (χ0) is 18.4. The van der Waals surface area contributed by atoms with Crippen molar-refractivity contribution in [3.8, 4) is 5.75 Å². The topological polar surface area (TPSA) is 47.6 Å². The summed E-state index contributed by atoms with van der Waals surface area (Å²) in [6.45, 7) is 11.6. The van der Waals surface area contributed by atoms with Gasteiger partial charge in [0.25, 0.3) is 5.91 Å². The lowest BCUT2D eigenvalue weighted by molar-refractivity contribution is -0.148. The summed E-state index contributed by atoms with van der Waals surface area (Å²) >= 11 is 0. The number of amides is 1. The second kappa shape index (κ2) is 8.70. The van der Waals surface area contributed by atoms with E-state index in [-0.39, 0.29) is 5.91 Å². The molecule has 4 nitrogen and oxygen atoms in total. The van der Waals surface area contributed by atoms with Gasteiger partial charge in [-0.25, -0.2) is 0 Å². The van der Waals surface area contributed by atoms with Crippen LogP contribution in [0.2, 0.25) is 0 Å². The van der Waals surface area contributed by atoms with Gasteiger partial charge in [0.2, 0.25) is 0 Å². The molecule has 0 spiro atoms. The molecule has 4 heteroatoms. The van der Waals surface area contributed by atoms with Crippen LogP contribution < -0.4 is 10.1 Å². The molecule has 1 N–H and O–H groups in total. The predicted octanol–water partition coefficient (Wildman–Crippen LogP) is 5.02. The molecule has 1 saturated carbocycles. The van der Waals surface area contributed by atoms with Crippen molar-refractivity contribution in [2.75, 3.05) is 18.5 Å². The van der Waals surface area contributed by atoms with Crippen LogP contribution in [0, 0.1) is 19.8 Å². The molecule has 140 valence electrons. The van der Waals surface area contributed by atoms with Gasteiger partial charge in [-0.2, -0.15) is 0 Å². The maximum atomic E-state index is 13.1. The highest BCUT2D eigenvalue weighted by atomic mass is 16.5. The van der Waals surface area contributed by atoms with Gasteiger partial charge in [-0.3, -0.25) is 4.79 Å². The molecule has 1 amide bonds. The van der Waals surface area contributed by atoms with E-state index in [2.05, 4.69) is 19.2 Å². The fraction of sp³-hybridized carbons (Fsp3) is 0.667. The van der Waals surface area contributed by atoms with Crippen molar-refractivity contribution in [3.05, 3.63) is 23.3 Å². The Kier molecular flexibility index (Phi) is 6.88. The molecule has 0 aromatic heterocycles. The number of nitrogens with one attached hydrogen (secondary N) is 1. The summed E-state index contributed by atoms with van der Waals surface area (Å²) in [7, 11) is 0. The largest absolute Gasteiger partial charge is 0.493 e. The van der Waals surface area contributed by atoms with Crippen LogP contribution in [0.5, 0.6) is 5.75 Å². The summed E-state index contributed by atoms with van der Waals surface area (Å²) < 4.78 is 11.8. The third kappa shape index (κ3) is 4.75. The normalized spacial score (nSPS) is 23.3. The van der Waals surface area contributed by atoms with Gasteiger partial charge in [0.05, 0.1) is 6.61 Å². The Labute approximate surface area is 152 Å². The van der Waals surface area contributed by atoms with E-state index in [1.54, 1.807) is 0 Å². The summed E-state index contributed by atoms with van der Waals surface area (Å²) in [4.78, 5) is 13.1. The van der Waals surface area contributed by atoms with E-state index in [9.17, 15) is 4.79 Å². The Hall–Kier alpha value is -1.55. The molecule has 2 unspecified atom stereocenters. The quantitative estimate of drug-likeness (QED) is 0.753. The number of benzene rings is 1. The minimum absolute atomic E-state index is 0.00420. The fourth-order valence-electron chi connectivity index (χ4n) is 3.84. The van der Waals surface area contributed by atoms with Crippen LogP contribution in [0.4, 0.5) is 5.69 Å². The second-order valence-corrected chi connectivity index (χ2v) is 7.37. The molecule has 1 aromatic carbocycles. The summed E-state index contributed by atoms with van der Waals surface area (Å²) in [5.74, 6) is 1.42. The SMILES string of the molecule is CCCOC1(C(=O)Nc2cc(C)c(OCC)c(C)c2)CCCC(C)C1. The van der Waals surface area contributed by atoms with Crippen LogP contribution in [0.15, 0.2) is 12.1 Å². The number of aryl methyl sites for hydroxylation is 2. The third-order valence-electron chi connectivity index (χ3n) is 4.96. The lowest BCUT2D eigenvalue weighted by atomic mass is 9.78. The second-order valence-electron chi connectivity index (χ2n) is 7.37. The standard InChI is InChI=1S/C21H33NO3/c1-6-11-25-21(10-8-9-15(3)14-21)20(23)22-18-12-16(4)19(24-7-2)17(5)13-18/h12-13,15H,6-11,14H2,1-5H3,(H,22,23). The van der Waals surface area contributed by atoms with Crippen molar-refractivity contribution in [2.45, 2.75) is 72.3 Å². The van der Waals surface area contributed by atoms with E-state index in [1.807, 2.05) is 32.9 Å². The van der Waals surface area contributed by atoms with Gasteiger partial charge in [0.1, 0.15) is 11.4 Å². The summed E-state index contributed by atoms with van der Waals surface area (Å²) in [5, 5.41) is 3.11. The van der Waals surface area contributed by atoms with E-state index in [0.717, 1.165) is 48.2 Å². The highest BCUT2D eigenvalue weighted by molar-refractivity contribution is 5.97. The first kappa shape index (κ1) is 19.8. The average Bonchev–Trinajstić information content (AvgIpc) is 2.56. The molecule has 1 aliphatic carbocycles. The smallest absolute Gasteiger partial charge is 0.256 e. The molecule has 0 radical (unpaired) electrons. The number of anilines is 1. The molecule has 1 fully saturated rings. The Morgan fingerprint density at radius 2 is 1.96 bits per heavy atom. The van der Waals surface area contributed by atoms with E-state index in [4.69, 9.17) is 9.47 Å². The van der Waals surface area contributed by atoms with Gasteiger partial charge in [-0.15, -0.1) is 0 Å². The highest BCUT2D eigenvalue weighted by Gasteiger charge is 2.42. The molecule has 0 bridgehead atoms. The van der Waals surface area contributed by atoms with Crippen LogP contribution in [-0.2, 0) is 9.53 Å². The van der Waals surface area contributed by atoms with Crippen LogP contribution in [0.25, 0.3) is 0 Å². The first-order valence-corrected chi connectivity index (χ1v) is 9.61. The molecule has 2 rings (SSSR count). The maximum Gasteiger partial charge on any atom is 0.256 e. The number of hydrogen-bond donors (Lipinski definition) is 1. The van der Waals surface area contributed by atoms with Crippen molar-refractivity contribution in [2.24, 2.45) is 5.92 Å². The molecule has 0 heterocycles. The summed E-state index contributed by atoms with van der Waals surface area (Å²) in [6.07, 6.45) is 4.74. The zero-order valence-corrected chi connectivity index (χ0v) is 16.4.